The number of nitrogens with zero attached hydrogens (tertiary/aromatic N) is 5. The zero-order valence-corrected chi connectivity index (χ0v) is 16.4. The number of hydrogen-bond donors (Lipinski definition) is 1. The molecule has 9 nitrogen and oxygen atoms in total. The summed E-state index contributed by atoms with van der Waals surface area (Å²) < 4.78 is 10.5. The van der Waals surface area contributed by atoms with Crippen LogP contribution < -0.4 is 5.32 Å². The fourth-order valence-electron chi connectivity index (χ4n) is 2.86. The molecule has 27 heavy (non-hydrogen) atoms. The summed E-state index contributed by atoms with van der Waals surface area (Å²) in [4.78, 5) is 21.0. The van der Waals surface area contributed by atoms with E-state index in [4.69, 9.17) is 9.05 Å². The van der Waals surface area contributed by atoms with Crippen molar-refractivity contribution in [1.29, 1.82) is 0 Å². The number of anilines is 1. The van der Waals surface area contributed by atoms with E-state index >= 15 is 0 Å². The lowest BCUT2D eigenvalue weighted by Gasteiger charge is -2.33. The summed E-state index contributed by atoms with van der Waals surface area (Å²) in [7, 11) is 0. The monoisotopic (exact) mass is 376 g/mol. The summed E-state index contributed by atoms with van der Waals surface area (Å²) >= 11 is 0. The molecule has 1 N–H and O–H groups in total. The normalized spacial score (nSPS) is 16.4. The fourth-order valence-corrected chi connectivity index (χ4v) is 2.86. The molecule has 1 fully saturated rings. The molecular formula is C18H28N6O3. The van der Waals surface area contributed by atoms with Crippen molar-refractivity contribution in [1.82, 2.24) is 25.1 Å². The van der Waals surface area contributed by atoms with Crippen LogP contribution in [-0.4, -0.2) is 63.7 Å². The minimum Gasteiger partial charge on any atom is -0.338 e. The molecule has 3 rings (SSSR count). The van der Waals surface area contributed by atoms with Gasteiger partial charge in [0.1, 0.15) is 0 Å². The molecular weight excluding hydrogens is 348 g/mol. The van der Waals surface area contributed by atoms with Crippen molar-refractivity contribution in [2.75, 3.05) is 38.0 Å². The number of carbonyl (C=O) groups excluding carboxylic acids is 1. The van der Waals surface area contributed by atoms with Gasteiger partial charge in [0.15, 0.2) is 5.82 Å². The predicted molar refractivity (Wildman–Crippen MR) is 99.3 cm³/mol. The maximum absolute atomic E-state index is 12.2. The van der Waals surface area contributed by atoms with E-state index < -0.39 is 0 Å². The smallest absolute Gasteiger partial charge is 0.240 e. The van der Waals surface area contributed by atoms with Gasteiger partial charge in [0, 0.05) is 38.2 Å². The van der Waals surface area contributed by atoms with Crippen LogP contribution in [-0.2, 0) is 11.3 Å². The number of piperazine rings is 1. The van der Waals surface area contributed by atoms with Crippen LogP contribution in [0.3, 0.4) is 0 Å². The summed E-state index contributed by atoms with van der Waals surface area (Å²) in [5.41, 5.74) is 0.834. The lowest BCUT2D eigenvalue weighted by Crippen LogP contribution is -2.48. The van der Waals surface area contributed by atoms with E-state index in [-0.39, 0.29) is 17.7 Å². The number of nitrogens with one attached hydrogen (secondary N) is 1. The number of amides is 1. The third kappa shape index (κ3) is 5.36. The molecule has 0 aliphatic carbocycles. The average Bonchev–Trinajstić information content (AvgIpc) is 3.26. The van der Waals surface area contributed by atoms with Crippen molar-refractivity contribution < 1.29 is 13.8 Å². The molecule has 148 valence electrons. The van der Waals surface area contributed by atoms with Crippen LogP contribution in [0.4, 0.5) is 5.88 Å². The molecule has 1 amide bonds. The van der Waals surface area contributed by atoms with Gasteiger partial charge >= 0.3 is 0 Å². The Bertz CT molecular complexity index is 746. The number of aromatic nitrogens is 3. The van der Waals surface area contributed by atoms with Crippen molar-refractivity contribution in [3.63, 3.8) is 0 Å². The van der Waals surface area contributed by atoms with Gasteiger partial charge in [-0.3, -0.25) is 19.9 Å². The highest BCUT2D eigenvalue weighted by Crippen LogP contribution is 2.17. The van der Waals surface area contributed by atoms with E-state index in [2.05, 4.69) is 30.4 Å². The highest BCUT2D eigenvalue weighted by molar-refractivity contribution is 5.90. The Morgan fingerprint density at radius 3 is 2.37 bits per heavy atom. The molecule has 0 radical (unpaired) electrons. The van der Waals surface area contributed by atoms with Gasteiger partial charge in [0.2, 0.25) is 17.7 Å². The zero-order chi connectivity index (χ0) is 19.4. The summed E-state index contributed by atoms with van der Waals surface area (Å²) in [5, 5.41) is 10.7. The summed E-state index contributed by atoms with van der Waals surface area (Å²) in [6, 6.07) is 1.77. The van der Waals surface area contributed by atoms with Gasteiger partial charge in [-0.2, -0.15) is 4.98 Å². The SMILES string of the molecule is CC(C)c1cc(NC(=O)CN2CCN(Cc3nc(C(C)C)no3)CC2)on1. The Hall–Kier alpha value is -2.26. The van der Waals surface area contributed by atoms with Gasteiger partial charge in [-0.1, -0.05) is 38.0 Å². The average molecular weight is 376 g/mol. The van der Waals surface area contributed by atoms with E-state index in [1.54, 1.807) is 6.07 Å². The van der Waals surface area contributed by atoms with E-state index in [9.17, 15) is 4.79 Å². The second kappa shape index (κ2) is 8.62. The Kier molecular flexibility index (Phi) is 6.22. The largest absolute Gasteiger partial charge is 0.338 e. The van der Waals surface area contributed by atoms with Gasteiger partial charge in [-0.05, 0) is 5.92 Å². The first-order chi connectivity index (χ1) is 12.9. The highest BCUT2D eigenvalue weighted by atomic mass is 16.5. The molecule has 1 saturated heterocycles. The molecule has 1 aliphatic heterocycles. The van der Waals surface area contributed by atoms with Crippen molar-refractivity contribution in [3.8, 4) is 0 Å². The summed E-state index contributed by atoms with van der Waals surface area (Å²) in [6.07, 6.45) is 0. The van der Waals surface area contributed by atoms with Crippen LogP contribution >= 0.6 is 0 Å². The molecule has 2 aromatic heterocycles. The third-order valence-electron chi connectivity index (χ3n) is 4.57. The molecule has 3 heterocycles. The topological polar surface area (TPSA) is 101 Å². The van der Waals surface area contributed by atoms with Crippen LogP contribution in [0.25, 0.3) is 0 Å². The van der Waals surface area contributed by atoms with Gasteiger partial charge in [-0.15, -0.1) is 0 Å². The first kappa shape index (κ1) is 19.5. The molecule has 2 aromatic rings. The van der Waals surface area contributed by atoms with E-state index in [1.165, 1.54) is 0 Å². The van der Waals surface area contributed by atoms with Crippen molar-refractivity contribution in [2.45, 2.75) is 46.1 Å². The van der Waals surface area contributed by atoms with Gasteiger partial charge in [0.05, 0.1) is 18.8 Å². The summed E-state index contributed by atoms with van der Waals surface area (Å²) in [5.74, 6) is 2.24. The van der Waals surface area contributed by atoms with Gasteiger partial charge in [-0.25, -0.2) is 0 Å². The lowest BCUT2D eigenvalue weighted by molar-refractivity contribution is -0.117. The Balaban J connectivity index is 1.41. The standard InChI is InChI=1S/C18H28N6O3/c1-12(2)14-9-16(26-21-14)19-15(25)10-23-5-7-24(8-6-23)11-17-20-18(13(3)4)22-27-17/h9,12-13H,5-8,10-11H2,1-4H3,(H,19,25). The third-order valence-corrected chi connectivity index (χ3v) is 4.57. The van der Waals surface area contributed by atoms with E-state index in [0.29, 0.717) is 24.9 Å². The van der Waals surface area contributed by atoms with Crippen LogP contribution in [0.1, 0.15) is 56.9 Å². The Morgan fingerprint density at radius 1 is 1.07 bits per heavy atom. The van der Waals surface area contributed by atoms with E-state index in [0.717, 1.165) is 37.7 Å². The minimum absolute atomic E-state index is 0.0895. The number of hydrogen-bond acceptors (Lipinski definition) is 8. The Morgan fingerprint density at radius 2 is 1.78 bits per heavy atom. The second-order valence-electron chi connectivity index (χ2n) is 7.57. The first-order valence-corrected chi connectivity index (χ1v) is 9.44. The number of carbonyl (C=O) groups is 1. The Labute approximate surface area is 159 Å². The fraction of sp³-hybridized carbons (Fsp3) is 0.667. The molecule has 0 bridgehead atoms. The maximum Gasteiger partial charge on any atom is 0.240 e. The molecule has 0 spiro atoms. The molecule has 0 aromatic carbocycles. The second-order valence-corrected chi connectivity index (χ2v) is 7.57. The van der Waals surface area contributed by atoms with Crippen LogP contribution in [0.5, 0.6) is 0 Å². The maximum atomic E-state index is 12.2. The molecule has 0 atom stereocenters. The first-order valence-electron chi connectivity index (χ1n) is 9.44. The van der Waals surface area contributed by atoms with Crippen molar-refractivity contribution in [2.24, 2.45) is 0 Å². The molecule has 0 saturated carbocycles. The van der Waals surface area contributed by atoms with Crippen molar-refractivity contribution in [3.05, 3.63) is 23.5 Å². The lowest BCUT2D eigenvalue weighted by atomic mass is 10.1. The predicted octanol–water partition coefficient (Wildman–Crippen LogP) is 2.06. The number of rotatable bonds is 7. The molecule has 1 aliphatic rings. The van der Waals surface area contributed by atoms with Gasteiger partial charge < -0.3 is 9.05 Å². The zero-order valence-electron chi connectivity index (χ0n) is 16.4. The van der Waals surface area contributed by atoms with Crippen LogP contribution in [0.2, 0.25) is 0 Å². The van der Waals surface area contributed by atoms with Crippen LogP contribution in [0.15, 0.2) is 15.1 Å². The summed E-state index contributed by atoms with van der Waals surface area (Å²) in [6.45, 7) is 12.5. The van der Waals surface area contributed by atoms with Crippen LogP contribution in [0, 0.1) is 0 Å². The minimum atomic E-state index is -0.0895. The van der Waals surface area contributed by atoms with Crippen molar-refractivity contribution >= 4 is 11.8 Å². The van der Waals surface area contributed by atoms with Gasteiger partial charge in [0.25, 0.3) is 0 Å². The van der Waals surface area contributed by atoms with E-state index in [1.807, 2.05) is 27.7 Å². The quantitative estimate of drug-likeness (QED) is 0.784. The molecule has 9 heteroatoms. The molecule has 0 unspecified atom stereocenters. The highest BCUT2D eigenvalue weighted by Gasteiger charge is 2.21.